The normalized spacial score (nSPS) is 10.6. The quantitative estimate of drug-likeness (QED) is 0.657. The minimum atomic E-state index is -1.11. The summed E-state index contributed by atoms with van der Waals surface area (Å²) in [5.74, 6) is -0.937. The highest BCUT2D eigenvalue weighted by Crippen LogP contribution is 2.24. The highest BCUT2D eigenvalue weighted by molar-refractivity contribution is 5.96. The van der Waals surface area contributed by atoms with Crippen molar-refractivity contribution in [3.63, 3.8) is 0 Å². The first-order chi connectivity index (χ1) is 11.6. The van der Waals surface area contributed by atoms with Crippen LogP contribution in [-0.2, 0) is 6.54 Å². The first kappa shape index (κ1) is 18.2. The van der Waals surface area contributed by atoms with Gasteiger partial charge in [-0.25, -0.2) is 4.79 Å². The second kappa shape index (κ2) is 6.76. The van der Waals surface area contributed by atoms with Gasteiger partial charge in [0, 0.05) is 24.2 Å². The molecule has 0 unspecified atom stereocenters. The van der Waals surface area contributed by atoms with E-state index < -0.39 is 16.8 Å². The third-order valence-electron chi connectivity index (χ3n) is 3.91. The molecule has 2 aromatic rings. The predicted octanol–water partition coefficient (Wildman–Crippen LogP) is 3.08. The molecule has 0 bridgehead atoms. The minimum absolute atomic E-state index is 0.0398. The molecule has 8 nitrogen and oxygen atoms in total. The van der Waals surface area contributed by atoms with Gasteiger partial charge in [0.15, 0.2) is 0 Å². The van der Waals surface area contributed by atoms with Crippen LogP contribution in [0, 0.1) is 30.9 Å². The molecule has 1 heterocycles. The lowest BCUT2D eigenvalue weighted by Gasteiger charge is -2.17. The van der Waals surface area contributed by atoms with Gasteiger partial charge in [-0.15, -0.1) is 0 Å². The van der Waals surface area contributed by atoms with Gasteiger partial charge < -0.3 is 14.4 Å². The number of amides is 1. The molecule has 0 spiro atoms. The number of rotatable bonds is 5. The molecule has 0 aliphatic heterocycles. The summed E-state index contributed by atoms with van der Waals surface area (Å²) in [6, 6.07) is 4.23. The molecule has 2 rings (SSSR count). The summed E-state index contributed by atoms with van der Waals surface area (Å²) in [7, 11) is 1.52. The Balaban J connectivity index is 2.28. The Morgan fingerprint density at radius 1 is 1.16 bits per heavy atom. The lowest BCUT2D eigenvalue weighted by atomic mass is 10.0. The van der Waals surface area contributed by atoms with Gasteiger partial charge in [0.1, 0.15) is 17.1 Å². The van der Waals surface area contributed by atoms with E-state index in [1.54, 1.807) is 19.9 Å². The number of nitro groups is 1. The number of aryl methyl sites for hydroxylation is 3. The number of benzene rings is 1. The molecule has 0 saturated heterocycles. The molecule has 0 atom stereocenters. The van der Waals surface area contributed by atoms with Gasteiger partial charge in [-0.3, -0.25) is 14.9 Å². The van der Waals surface area contributed by atoms with Crippen molar-refractivity contribution in [2.24, 2.45) is 0 Å². The number of aromatic carboxylic acids is 1. The van der Waals surface area contributed by atoms with Gasteiger partial charge in [0.2, 0.25) is 0 Å². The molecule has 1 aromatic heterocycles. The number of carboxylic acid groups (broad SMARTS) is 1. The van der Waals surface area contributed by atoms with Crippen molar-refractivity contribution in [1.29, 1.82) is 0 Å². The van der Waals surface area contributed by atoms with Gasteiger partial charge in [-0.1, -0.05) is 0 Å². The van der Waals surface area contributed by atoms with Crippen molar-refractivity contribution < 1.29 is 24.0 Å². The van der Waals surface area contributed by atoms with E-state index in [0.717, 1.165) is 0 Å². The summed E-state index contributed by atoms with van der Waals surface area (Å²) in [6.45, 7) is 4.90. The van der Waals surface area contributed by atoms with Gasteiger partial charge in [0.25, 0.3) is 11.6 Å². The van der Waals surface area contributed by atoms with E-state index in [1.165, 1.54) is 31.0 Å². The maximum absolute atomic E-state index is 12.6. The first-order valence-electron chi connectivity index (χ1n) is 7.45. The van der Waals surface area contributed by atoms with Crippen LogP contribution in [0.15, 0.2) is 22.6 Å². The van der Waals surface area contributed by atoms with Crippen molar-refractivity contribution in [2.45, 2.75) is 27.3 Å². The molecule has 0 fully saturated rings. The highest BCUT2D eigenvalue weighted by atomic mass is 16.6. The van der Waals surface area contributed by atoms with Crippen molar-refractivity contribution in [2.75, 3.05) is 7.05 Å². The number of furan rings is 1. The Morgan fingerprint density at radius 3 is 2.32 bits per heavy atom. The Morgan fingerprint density at radius 2 is 1.80 bits per heavy atom. The fraction of sp³-hybridized carbons (Fsp3) is 0.294. The van der Waals surface area contributed by atoms with Gasteiger partial charge in [-0.2, -0.15) is 0 Å². The summed E-state index contributed by atoms with van der Waals surface area (Å²) in [4.78, 5) is 35.6. The topological polar surface area (TPSA) is 114 Å². The Hall–Kier alpha value is -3.16. The van der Waals surface area contributed by atoms with E-state index >= 15 is 0 Å². The molecule has 0 saturated carbocycles. The van der Waals surface area contributed by atoms with Gasteiger partial charge >= 0.3 is 5.97 Å². The average molecular weight is 346 g/mol. The van der Waals surface area contributed by atoms with Crippen molar-refractivity contribution in [1.82, 2.24) is 4.90 Å². The maximum Gasteiger partial charge on any atom is 0.339 e. The smallest absolute Gasteiger partial charge is 0.339 e. The monoisotopic (exact) mass is 346 g/mol. The molecular weight excluding hydrogens is 328 g/mol. The Labute approximate surface area is 143 Å². The second-order valence-electron chi connectivity index (χ2n) is 5.86. The standard InChI is InChI=1S/C17H18N2O6/c1-9-5-10(2)15(19(23)24)7-13(9)16(20)18(4)8-12-6-14(17(21)22)11(3)25-12/h5-7H,8H2,1-4H3,(H,21,22). The molecule has 8 heteroatoms. The largest absolute Gasteiger partial charge is 0.478 e. The molecule has 1 aromatic carbocycles. The summed E-state index contributed by atoms with van der Waals surface area (Å²) >= 11 is 0. The molecule has 1 amide bonds. The predicted molar refractivity (Wildman–Crippen MR) is 88.8 cm³/mol. The maximum atomic E-state index is 12.6. The SMILES string of the molecule is Cc1cc(C)c([N+](=O)[O-])cc1C(=O)N(C)Cc1cc(C(=O)O)c(C)o1. The summed E-state index contributed by atoms with van der Waals surface area (Å²) in [6.07, 6.45) is 0. The molecule has 25 heavy (non-hydrogen) atoms. The van der Waals surface area contributed by atoms with E-state index in [4.69, 9.17) is 9.52 Å². The van der Waals surface area contributed by atoms with Gasteiger partial charge in [-0.05, 0) is 38.5 Å². The van der Waals surface area contributed by atoms with Crippen LogP contribution < -0.4 is 0 Å². The Bertz CT molecular complexity index is 868. The molecule has 0 aliphatic carbocycles. The van der Waals surface area contributed by atoms with Gasteiger partial charge in [0.05, 0.1) is 11.5 Å². The lowest BCUT2D eigenvalue weighted by molar-refractivity contribution is -0.385. The van der Waals surface area contributed by atoms with Crippen LogP contribution in [-0.4, -0.2) is 33.9 Å². The highest BCUT2D eigenvalue weighted by Gasteiger charge is 2.22. The first-order valence-corrected chi connectivity index (χ1v) is 7.45. The van der Waals surface area contributed by atoms with Crippen LogP contribution in [0.5, 0.6) is 0 Å². The number of carbonyl (C=O) groups excluding carboxylic acids is 1. The zero-order valence-corrected chi connectivity index (χ0v) is 14.3. The van der Waals surface area contributed by atoms with Crippen molar-refractivity contribution in [3.05, 3.63) is 62.1 Å². The number of hydrogen-bond donors (Lipinski definition) is 1. The fourth-order valence-electron chi connectivity index (χ4n) is 2.61. The van der Waals surface area contributed by atoms with Crippen LogP contribution in [0.2, 0.25) is 0 Å². The zero-order valence-electron chi connectivity index (χ0n) is 14.3. The summed E-state index contributed by atoms with van der Waals surface area (Å²) < 4.78 is 5.36. The molecule has 132 valence electrons. The minimum Gasteiger partial charge on any atom is -0.478 e. The van der Waals surface area contributed by atoms with E-state index in [2.05, 4.69) is 0 Å². The third-order valence-corrected chi connectivity index (χ3v) is 3.91. The van der Waals surface area contributed by atoms with Crippen LogP contribution in [0.1, 0.15) is 43.4 Å². The third kappa shape index (κ3) is 3.68. The fourth-order valence-corrected chi connectivity index (χ4v) is 2.61. The van der Waals surface area contributed by atoms with Crippen LogP contribution >= 0.6 is 0 Å². The van der Waals surface area contributed by atoms with Crippen LogP contribution in [0.25, 0.3) is 0 Å². The molecule has 1 N–H and O–H groups in total. The van der Waals surface area contributed by atoms with Crippen LogP contribution in [0.4, 0.5) is 5.69 Å². The van der Waals surface area contributed by atoms with Crippen molar-refractivity contribution >= 4 is 17.6 Å². The molecular formula is C17H18N2O6. The number of carboxylic acids is 1. The number of nitrogens with zero attached hydrogens (tertiary/aromatic N) is 2. The van der Waals surface area contributed by atoms with E-state index in [0.29, 0.717) is 16.9 Å². The van der Waals surface area contributed by atoms with Crippen molar-refractivity contribution in [3.8, 4) is 0 Å². The zero-order chi connectivity index (χ0) is 18.9. The Kier molecular flexibility index (Phi) is 4.92. The summed E-state index contributed by atoms with van der Waals surface area (Å²) in [5.41, 5.74) is 1.25. The molecule has 0 aliphatic rings. The van der Waals surface area contributed by atoms with E-state index in [1.807, 2.05) is 0 Å². The summed E-state index contributed by atoms with van der Waals surface area (Å²) in [5, 5.41) is 20.1. The molecule has 0 radical (unpaired) electrons. The number of carbonyl (C=O) groups is 2. The lowest BCUT2D eigenvalue weighted by Crippen LogP contribution is -2.26. The number of hydrogen-bond acceptors (Lipinski definition) is 5. The van der Waals surface area contributed by atoms with E-state index in [9.17, 15) is 19.7 Å². The number of nitro benzene ring substituents is 1. The second-order valence-corrected chi connectivity index (χ2v) is 5.86. The van der Waals surface area contributed by atoms with Crippen LogP contribution in [0.3, 0.4) is 0 Å². The van der Waals surface area contributed by atoms with E-state index in [-0.39, 0.29) is 29.1 Å². The average Bonchev–Trinajstić information content (AvgIpc) is 2.87.